The van der Waals surface area contributed by atoms with E-state index in [2.05, 4.69) is 33.6 Å². The summed E-state index contributed by atoms with van der Waals surface area (Å²) in [6.07, 6.45) is 0.931. The second-order valence-corrected chi connectivity index (χ2v) is 6.57. The fourth-order valence-electron chi connectivity index (χ4n) is 2.86. The first-order valence-electron chi connectivity index (χ1n) is 8.93. The van der Waals surface area contributed by atoms with E-state index in [9.17, 15) is 0 Å². The van der Waals surface area contributed by atoms with Gasteiger partial charge in [0.2, 0.25) is 5.95 Å². The first-order chi connectivity index (χ1) is 13.5. The molecule has 6 nitrogen and oxygen atoms in total. The summed E-state index contributed by atoms with van der Waals surface area (Å²) in [5.41, 5.74) is 3.74. The molecule has 0 bridgehead atoms. The molecule has 0 atom stereocenters. The van der Waals surface area contributed by atoms with E-state index in [0.717, 1.165) is 17.8 Å². The van der Waals surface area contributed by atoms with Crippen molar-refractivity contribution >= 4 is 34.7 Å². The monoisotopic (exact) mass is 398 g/mol. The molecule has 1 heterocycles. The molecule has 1 aromatic heterocycles. The second kappa shape index (κ2) is 8.80. The number of ether oxygens (including phenoxy) is 2. The number of aromatic nitrogens is 2. The maximum absolute atomic E-state index is 6.18. The van der Waals surface area contributed by atoms with Crippen molar-refractivity contribution in [1.29, 1.82) is 0 Å². The Morgan fingerprint density at radius 3 is 2.39 bits per heavy atom. The predicted octanol–water partition coefficient (Wildman–Crippen LogP) is 5.51. The second-order valence-electron chi connectivity index (χ2n) is 6.17. The number of nitrogens with one attached hydrogen (secondary N) is 2. The zero-order chi connectivity index (χ0) is 20.1. The quantitative estimate of drug-likeness (QED) is 0.547. The minimum Gasteiger partial charge on any atom is -0.495 e. The van der Waals surface area contributed by atoms with Crippen LogP contribution in [0.3, 0.4) is 0 Å². The molecule has 2 N–H and O–H groups in total. The number of aryl methyl sites for hydroxylation is 2. The van der Waals surface area contributed by atoms with Gasteiger partial charge in [-0.3, -0.25) is 0 Å². The third kappa shape index (κ3) is 4.46. The summed E-state index contributed by atoms with van der Waals surface area (Å²) in [6, 6.07) is 13.5. The van der Waals surface area contributed by atoms with E-state index in [1.807, 2.05) is 31.2 Å². The van der Waals surface area contributed by atoms with Gasteiger partial charge in [0.25, 0.3) is 0 Å². The highest BCUT2D eigenvalue weighted by Gasteiger charge is 2.12. The summed E-state index contributed by atoms with van der Waals surface area (Å²) in [6.45, 7) is 4.04. The number of rotatable bonds is 7. The minimum atomic E-state index is 0.444. The van der Waals surface area contributed by atoms with E-state index < -0.39 is 0 Å². The Hall–Kier alpha value is -2.99. The van der Waals surface area contributed by atoms with Gasteiger partial charge in [-0.15, -0.1) is 0 Å². The molecule has 7 heteroatoms. The maximum atomic E-state index is 6.18. The highest BCUT2D eigenvalue weighted by Crippen LogP contribution is 2.37. The van der Waals surface area contributed by atoms with Gasteiger partial charge in [0.15, 0.2) is 0 Å². The molecule has 0 aliphatic heterocycles. The third-order valence-electron chi connectivity index (χ3n) is 4.24. The molecule has 0 saturated carbocycles. The van der Waals surface area contributed by atoms with E-state index in [4.69, 9.17) is 21.1 Å². The molecular formula is C21H23ClN4O2. The molecule has 0 amide bonds. The van der Waals surface area contributed by atoms with Crippen molar-refractivity contribution in [3.8, 4) is 11.5 Å². The van der Waals surface area contributed by atoms with Gasteiger partial charge in [-0.05, 0) is 25.0 Å². The Labute approximate surface area is 169 Å². The number of para-hydroxylation sites is 1. The number of hydrogen-bond acceptors (Lipinski definition) is 6. The average molecular weight is 399 g/mol. The summed E-state index contributed by atoms with van der Waals surface area (Å²) >= 11 is 6.18. The van der Waals surface area contributed by atoms with Crippen LogP contribution in [0.5, 0.6) is 11.5 Å². The van der Waals surface area contributed by atoms with Crippen LogP contribution in [0.15, 0.2) is 42.5 Å². The zero-order valence-corrected chi connectivity index (χ0v) is 17.1. The molecular weight excluding hydrogens is 376 g/mol. The van der Waals surface area contributed by atoms with Crippen molar-refractivity contribution in [3.05, 3.63) is 58.7 Å². The average Bonchev–Trinajstić information content (AvgIpc) is 2.69. The fourth-order valence-corrected chi connectivity index (χ4v) is 3.09. The van der Waals surface area contributed by atoms with E-state index in [-0.39, 0.29) is 0 Å². The third-order valence-corrected chi connectivity index (χ3v) is 4.53. The van der Waals surface area contributed by atoms with Gasteiger partial charge in [-0.1, -0.05) is 36.7 Å². The topological polar surface area (TPSA) is 68.3 Å². The Morgan fingerprint density at radius 2 is 1.68 bits per heavy atom. The molecule has 0 spiro atoms. The number of nitrogens with zero attached hydrogens (tertiary/aromatic N) is 2. The Morgan fingerprint density at radius 1 is 0.929 bits per heavy atom. The minimum absolute atomic E-state index is 0.444. The van der Waals surface area contributed by atoms with Gasteiger partial charge in [-0.25, -0.2) is 4.98 Å². The van der Waals surface area contributed by atoms with Crippen molar-refractivity contribution in [2.45, 2.75) is 20.3 Å². The normalized spacial score (nSPS) is 10.5. The Balaban J connectivity index is 1.92. The van der Waals surface area contributed by atoms with Crippen molar-refractivity contribution in [2.24, 2.45) is 0 Å². The van der Waals surface area contributed by atoms with E-state index in [0.29, 0.717) is 34.0 Å². The molecule has 0 saturated heterocycles. The summed E-state index contributed by atoms with van der Waals surface area (Å²) < 4.78 is 10.7. The van der Waals surface area contributed by atoms with Crippen LogP contribution in [0.2, 0.25) is 5.02 Å². The SMILES string of the molecule is CCc1ccccc1Nc1cc(C)nc(Nc2cc(OC)c(Cl)cc2OC)n1. The lowest BCUT2D eigenvalue weighted by atomic mass is 10.1. The van der Waals surface area contributed by atoms with Crippen molar-refractivity contribution < 1.29 is 9.47 Å². The summed E-state index contributed by atoms with van der Waals surface area (Å²) in [5.74, 6) is 2.25. The molecule has 0 aliphatic carbocycles. The van der Waals surface area contributed by atoms with Crippen LogP contribution in [-0.2, 0) is 6.42 Å². The predicted molar refractivity (Wildman–Crippen MR) is 114 cm³/mol. The molecule has 0 radical (unpaired) electrons. The first-order valence-corrected chi connectivity index (χ1v) is 9.31. The standard InChI is InChI=1S/C21H23ClN4O2/c1-5-14-8-6-7-9-16(14)24-20-10-13(2)23-21(26-20)25-17-12-18(27-3)15(22)11-19(17)28-4/h6-12H,5H2,1-4H3,(H2,23,24,25,26). The van der Waals surface area contributed by atoms with Crippen LogP contribution in [0.1, 0.15) is 18.2 Å². The van der Waals surface area contributed by atoms with Crippen molar-refractivity contribution in [1.82, 2.24) is 9.97 Å². The summed E-state index contributed by atoms with van der Waals surface area (Å²) in [5, 5.41) is 7.04. The summed E-state index contributed by atoms with van der Waals surface area (Å²) in [7, 11) is 3.14. The van der Waals surface area contributed by atoms with E-state index >= 15 is 0 Å². The highest BCUT2D eigenvalue weighted by molar-refractivity contribution is 6.32. The number of halogens is 1. The highest BCUT2D eigenvalue weighted by atomic mass is 35.5. The van der Waals surface area contributed by atoms with Crippen molar-refractivity contribution in [3.63, 3.8) is 0 Å². The fraction of sp³-hybridized carbons (Fsp3) is 0.238. The van der Waals surface area contributed by atoms with Gasteiger partial charge in [-0.2, -0.15) is 4.98 Å². The molecule has 3 rings (SSSR count). The molecule has 0 fully saturated rings. The summed E-state index contributed by atoms with van der Waals surface area (Å²) in [4.78, 5) is 9.07. The number of hydrogen-bond donors (Lipinski definition) is 2. The van der Waals surface area contributed by atoms with Crippen LogP contribution in [0.4, 0.5) is 23.1 Å². The first kappa shape index (κ1) is 19.8. The van der Waals surface area contributed by atoms with Crippen LogP contribution >= 0.6 is 11.6 Å². The van der Waals surface area contributed by atoms with E-state index in [1.54, 1.807) is 26.4 Å². The van der Waals surface area contributed by atoms with Crippen LogP contribution in [0.25, 0.3) is 0 Å². The lowest BCUT2D eigenvalue weighted by Gasteiger charge is -2.15. The van der Waals surface area contributed by atoms with Gasteiger partial charge >= 0.3 is 0 Å². The van der Waals surface area contributed by atoms with Gasteiger partial charge in [0.05, 0.1) is 24.9 Å². The number of methoxy groups -OCH3 is 2. The molecule has 0 aliphatic rings. The van der Waals surface area contributed by atoms with Crippen LogP contribution in [0, 0.1) is 6.92 Å². The number of benzene rings is 2. The number of anilines is 4. The molecule has 0 unspecified atom stereocenters. The van der Waals surface area contributed by atoms with Gasteiger partial charge < -0.3 is 20.1 Å². The lowest BCUT2D eigenvalue weighted by Crippen LogP contribution is -2.04. The van der Waals surface area contributed by atoms with Crippen LogP contribution in [-0.4, -0.2) is 24.2 Å². The Bertz CT molecular complexity index is 979. The zero-order valence-electron chi connectivity index (χ0n) is 16.3. The maximum Gasteiger partial charge on any atom is 0.229 e. The van der Waals surface area contributed by atoms with Crippen molar-refractivity contribution in [2.75, 3.05) is 24.9 Å². The van der Waals surface area contributed by atoms with Gasteiger partial charge in [0, 0.05) is 29.6 Å². The Kier molecular flexibility index (Phi) is 6.21. The van der Waals surface area contributed by atoms with E-state index in [1.165, 1.54) is 5.56 Å². The molecule has 3 aromatic rings. The molecule has 28 heavy (non-hydrogen) atoms. The molecule has 146 valence electrons. The van der Waals surface area contributed by atoms with Gasteiger partial charge in [0.1, 0.15) is 17.3 Å². The largest absolute Gasteiger partial charge is 0.495 e. The molecule has 2 aromatic carbocycles. The lowest BCUT2D eigenvalue weighted by molar-refractivity contribution is 0.405. The smallest absolute Gasteiger partial charge is 0.229 e. The van der Waals surface area contributed by atoms with Crippen LogP contribution < -0.4 is 20.1 Å².